The van der Waals surface area contributed by atoms with E-state index in [4.69, 9.17) is 51.2 Å². The van der Waals surface area contributed by atoms with Crippen LogP contribution in [0, 0.1) is 0 Å². The molecule has 0 fully saturated rings. The van der Waals surface area contributed by atoms with Crippen LogP contribution < -0.4 is 0 Å². The van der Waals surface area contributed by atoms with E-state index >= 15 is 0 Å². The Morgan fingerprint density at radius 3 is 2.30 bits per heavy atom. The molecule has 0 aliphatic rings. The van der Waals surface area contributed by atoms with E-state index in [2.05, 4.69) is 5.10 Å². The Morgan fingerprint density at radius 1 is 1.26 bits per heavy atom. The molecule has 27 heavy (non-hydrogen) atoms. The second kappa shape index (κ2) is 8.92. The van der Waals surface area contributed by atoms with Crippen LogP contribution in [0.5, 0.6) is 0 Å². The Balaban J connectivity index is 2.36. The zero-order valence-electron chi connectivity index (χ0n) is 14.4. The molecular weight excluding hydrogens is 446 g/mol. The summed E-state index contributed by atoms with van der Waals surface area (Å²) in [5, 5.41) is 5.31. The highest BCUT2D eigenvalue weighted by atomic mass is 35.5. The van der Waals surface area contributed by atoms with E-state index < -0.39 is 29.6 Å². The van der Waals surface area contributed by atoms with Crippen molar-refractivity contribution in [3.63, 3.8) is 0 Å². The van der Waals surface area contributed by atoms with Crippen LogP contribution in [0.15, 0.2) is 12.1 Å². The Bertz CT molecular complexity index is 837. The SMILES string of the molecule is CON(C(=O)c1c(C(F)F)nn(C)c1Cl)[C@H](C)Cc1c(Cl)cc(Cl)cc1Cl. The Labute approximate surface area is 174 Å². The molecule has 1 aromatic carbocycles. The molecule has 11 heteroatoms. The van der Waals surface area contributed by atoms with E-state index in [1.165, 1.54) is 26.3 Å². The maximum Gasteiger partial charge on any atom is 0.283 e. The molecule has 0 radical (unpaired) electrons. The van der Waals surface area contributed by atoms with Gasteiger partial charge in [0.2, 0.25) is 0 Å². The second-order valence-electron chi connectivity index (χ2n) is 5.69. The number of aromatic nitrogens is 2. The van der Waals surface area contributed by atoms with Crippen LogP contribution in [-0.4, -0.2) is 33.9 Å². The van der Waals surface area contributed by atoms with Crippen molar-refractivity contribution >= 4 is 52.3 Å². The molecule has 2 aromatic rings. The number of carbonyl (C=O) groups excluding carboxylic acids is 1. The van der Waals surface area contributed by atoms with Gasteiger partial charge in [-0.15, -0.1) is 0 Å². The number of aryl methyl sites for hydroxylation is 1. The molecule has 1 amide bonds. The molecule has 1 aromatic heterocycles. The van der Waals surface area contributed by atoms with Crippen LogP contribution in [0.25, 0.3) is 0 Å². The predicted molar refractivity (Wildman–Crippen MR) is 101 cm³/mol. The van der Waals surface area contributed by atoms with Gasteiger partial charge in [0, 0.05) is 22.1 Å². The highest BCUT2D eigenvalue weighted by Crippen LogP contribution is 2.32. The van der Waals surface area contributed by atoms with E-state index in [0.29, 0.717) is 20.6 Å². The lowest BCUT2D eigenvalue weighted by molar-refractivity contribution is -0.119. The van der Waals surface area contributed by atoms with Gasteiger partial charge in [0.15, 0.2) is 0 Å². The molecular formula is C16H15Cl4F2N3O2. The van der Waals surface area contributed by atoms with Gasteiger partial charge in [0.05, 0.1) is 13.2 Å². The predicted octanol–water partition coefficient (Wildman–Crippen LogP) is 5.61. The Morgan fingerprint density at radius 2 is 1.81 bits per heavy atom. The topological polar surface area (TPSA) is 47.4 Å². The highest BCUT2D eigenvalue weighted by Gasteiger charge is 2.33. The number of benzene rings is 1. The van der Waals surface area contributed by atoms with E-state index in [1.807, 2.05) is 0 Å². The van der Waals surface area contributed by atoms with Gasteiger partial charge in [-0.1, -0.05) is 46.4 Å². The van der Waals surface area contributed by atoms with Crippen molar-refractivity contribution in [3.8, 4) is 0 Å². The molecule has 0 spiro atoms. The standard InChI is InChI=1S/C16H15Cl4F2N3O2/c1-7(4-9-10(18)5-8(17)6-11(9)19)25(27-3)16(26)12-13(15(21)22)23-24(2)14(12)20/h5-7,15H,4H2,1-3H3/t7-/m1/s1. The van der Waals surface area contributed by atoms with Crippen molar-refractivity contribution < 1.29 is 18.4 Å². The first-order valence-electron chi connectivity index (χ1n) is 7.60. The summed E-state index contributed by atoms with van der Waals surface area (Å²) in [5.41, 5.74) is -0.600. The van der Waals surface area contributed by atoms with Gasteiger partial charge in [-0.2, -0.15) is 5.10 Å². The Hall–Kier alpha value is -1.12. The van der Waals surface area contributed by atoms with Crippen molar-refractivity contribution in [2.24, 2.45) is 7.05 Å². The first kappa shape index (κ1) is 22.2. The minimum atomic E-state index is -2.98. The number of carbonyl (C=O) groups is 1. The van der Waals surface area contributed by atoms with Gasteiger partial charge < -0.3 is 0 Å². The summed E-state index contributed by atoms with van der Waals surface area (Å²) in [7, 11) is 2.60. The number of rotatable bonds is 6. The van der Waals surface area contributed by atoms with Gasteiger partial charge in [0.25, 0.3) is 12.3 Å². The molecule has 2 rings (SSSR count). The van der Waals surface area contributed by atoms with Gasteiger partial charge in [-0.05, 0) is 31.0 Å². The van der Waals surface area contributed by atoms with Crippen molar-refractivity contribution in [1.29, 1.82) is 0 Å². The van der Waals surface area contributed by atoms with Gasteiger partial charge in [-0.25, -0.2) is 13.8 Å². The molecule has 148 valence electrons. The summed E-state index contributed by atoms with van der Waals surface area (Å²) >= 11 is 24.2. The quantitative estimate of drug-likeness (QED) is 0.526. The Kier molecular flexibility index (Phi) is 7.33. The second-order valence-corrected chi connectivity index (χ2v) is 7.30. The number of hydroxylamine groups is 2. The summed E-state index contributed by atoms with van der Waals surface area (Å²) in [6.45, 7) is 1.65. The lowest BCUT2D eigenvalue weighted by atomic mass is 10.1. The molecule has 0 saturated carbocycles. The number of nitrogens with zero attached hydrogens (tertiary/aromatic N) is 3. The van der Waals surface area contributed by atoms with Gasteiger partial charge in [0.1, 0.15) is 16.4 Å². The minimum absolute atomic E-state index is 0.191. The molecule has 0 aliphatic heterocycles. The monoisotopic (exact) mass is 459 g/mol. The summed E-state index contributed by atoms with van der Waals surface area (Å²) < 4.78 is 27.5. The fourth-order valence-electron chi connectivity index (χ4n) is 2.59. The average Bonchev–Trinajstić information content (AvgIpc) is 2.87. The lowest BCUT2D eigenvalue weighted by Gasteiger charge is -2.27. The molecule has 1 heterocycles. The van der Waals surface area contributed by atoms with E-state index in [1.54, 1.807) is 6.92 Å². The van der Waals surface area contributed by atoms with Crippen LogP contribution in [0.3, 0.4) is 0 Å². The highest BCUT2D eigenvalue weighted by molar-refractivity contribution is 6.39. The first-order valence-corrected chi connectivity index (χ1v) is 9.11. The van der Waals surface area contributed by atoms with Crippen molar-refractivity contribution in [1.82, 2.24) is 14.8 Å². The molecule has 0 unspecified atom stereocenters. The summed E-state index contributed by atoms with van der Waals surface area (Å²) in [5.74, 6) is -0.848. The molecule has 5 nitrogen and oxygen atoms in total. The fourth-order valence-corrected chi connectivity index (χ4v) is 3.78. The third kappa shape index (κ3) is 4.66. The third-order valence-electron chi connectivity index (χ3n) is 3.83. The summed E-state index contributed by atoms with van der Waals surface area (Å²) in [4.78, 5) is 18.0. The van der Waals surface area contributed by atoms with E-state index in [0.717, 1.165) is 9.75 Å². The molecule has 0 N–H and O–H groups in total. The maximum atomic E-state index is 13.2. The van der Waals surface area contributed by atoms with Crippen LogP contribution in [0.2, 0.25) is 20.2 Å². The van der Waals surface area contributed by atoms with Crippen LogP contribution in [0.1, 0.15) is 35.0 Å². The van der Waals surface area contributed by atoms with E-state index in [-0.39, 0.29) is 11.6 Å². The molecule has 0 saturated heterocycles. The third-order valence-corrected chi connectivity index (χ3v) is 5.15. The lowest BCUT2D eigenvalue weighted by Crippen LogP contribution is -2.39. The number of hydrogen-bond donors (Lipinski definition) is 0. The number of alkyl halides is 2. The number of hydrogen-bond acceptors (Lipinski definition) is 3. The van der Waals surface area contributed by atoms with Crippen LogP contribution in [-0.2, 0) is 18.3 Å². The number of amides is 1. The van der Waals surface area contributed by atoms with Crippen molar-refractivity contribution in [3.05, 3.63) is 49.2 Å². The number of halogens is 6. The molecule has 1 atom stereocenters. The molecule has 0 aliphatic carbocycles. The van der Waals surface area contributed by atoms with Crippen LogP contribution in [0.4, 0.5) is 8.78 Å². The van der Waals surface area contributed by atoms with Crippen molar-refractivity contribution in [2.75, 3.05) is 7.11 Å². The van der Waals surface area contributed by atoms with Gasteiger partial charge in [-0.3, -0.25) is 14.3 Å². The smallest absolute Gasteiger partial charge is 0.274 e. The fraction of sp³-hybridized carbons (Fsp3) is 0.375. The largest absolute Gasteiger partial charge is 0.283 e. The minimum Gasteiger partial charge on any atom is -0.274 e. The van der Waals surface area contributed by atoms with Crippen LogP contribution >= 0.6 is 46.4 Å². The first-order chi connectivity index (χ1) is 12.6. The van der Waals surface area contributed by atoms with Gasteiger partial charge >= 0.3 is 0 Å². The zero-order chi connectivity index (χ0) is 20.5. The summed E-state index contributed by atoms with van der Waals surface area (Å²) in [6, 6.07) is 2.42. The summed E-state index contributed by atoms with van der Waals surface area (Å²) in [6.07, 6.45) is -2.78. The van der Waals surface area contributed by atoms with E-state index in [9.17, 15) is 13.6 Å². The maximum absolute atomic E-state index is 13.2. The zero-order valence-corrected chi connectivity index (χ0v) is 17.5. The normalized spacial score (nSPS) is 12.5. The molecule has 0 bridgehead atoms. The van der Waals surface area contributed by atoms with Crippen molar-refractivity contribution in [2.45, 2.75) is 25.8 Å². The average molecular weight is 461 g/mol.